The summed E-state index contributed by atoms with van der Waals surface area (Å²) < 4.78 is 18.1. The third-order valence-corrected chi connectivity index (χ3v) is 5.61. The molecule has 2 aromatic carbocycles. The van der Waals surface area contributed by atoms with Crippen molar-refractivity contribution in [3.8, 4) is 0 Å². The van der Waals surface area contributed by atoms with E-state index in [1.165, 1.54) is 11.6 Å². The fourth-order valence-electron chi connectivity index (χ4n) is 3.72. The summed E-state index contributed by atoms with van der Waals surface area (Å²) >= 11 is 0. The van der Waals surface area contributed by atoms with E-state index >= 15 is 0 Å². The summed E-state index contributed by atoms with van der Waals surface area (Å²) in [5, 5.41) is 8.83. The van der Waals surface area contributed by atoms with Crippen LogP contribution in [0, 0.1) is 12.8 Å². The van der Waals surface area contributed by atoms with E-state index in [0.29, 0.717) is 32.3 Å². The monoisotopic (exact) mass is 451 g/mol. The van der Waals surface area contributed by atoms with Crippen molar-refractivity contribution in [3.05, 3.63) is 65.2 Å². The van der Waals surface area contributed by atoms with Crippen LogP contribution in [0.15, 0.2) is 48.5 Å². The lowest BCUT2D eigenvalue weighted by atomic mass is 10.0. The van der Waals surface area contributed by atoms with Crippen LogP contribution in [0.1, 0.15) is 36.5 Å². The first-order valence-corrected chi connectivity index (χ1v) is 11.4. The second-order valence-corrected chi connectivity index (χ2v) is 7.98. The predicted octanol–water partition coefficient (Wildman–Crippen LogP) is 4.58. The first kappa shape index (κ1) is 24.6. The Hall–Kier alpha value is -3.03. The van der Waals surface area contributed by atoms with Crippen molar-refractivity contribution < 1.29 is 19.0 Å². The van der Waals surface area contributed by atoms with Crippen LogP contribution in [0.4, 0.5) is 0 Å². The van der Waals surface area contributed by atoms with Crippen LogP contribution >= 0.6 is 0 Å². The van der Waals surface area contributed by atoms with Crippen LogP contribution in [0.5, 0.6) is 0 Å². The molecule has 0 saturated carbocycles. The number of ether oxygens (including phenoxy) is 3. The highest BCUT2D eigenvalue weighted by Gasteiger charge is 2.15. The van der Waals surface area contributed by atoms with Crippen molar-refractivity contribution >= 4 is 23.1 Å². The van der Waals surface area contributed by atoms with Gasteiger partial charge in [-0.25, -0.2) is 9.48 Å². The van der Waals surface area contributed by atoms with Crippen molar-refractivity contribution in [2.24, 2.45) is 5.92 Å². The van der Waals surface area contributed by atoms with Gasteiger partial charge in [0.1, 0.15) is 5.52 Å². The molecule has 0 fully saturated rings. The molecule has 3 aromatic rings. The quantitative estimate of drug-likeness (QED) is 0.215. The zero-order valence-electron chi connectivity index (χ0n) is 19.7. The van der Waals surface area contributed by atoms with Gasteiger partial charge in [-0.2, -0.15) is 0 Å². The van der Waals surface area contributed by atoms with Gasteiger partial charge < -0.3 is 14.2 Å². The number of fused-ring (bicyclic) bond motifs is 1. The third kappa shape index (κ3) is 7.23. The molecular weight excluding hydrogens is 418 g/mol. The van der Waals surface area contributed by atoms with Gasteiger partial charge in [-0.1, -0.05) is 41.6 Å². The number of rotatable bonds is 13. The number of methoxy groups -OCH3 is 1. The molecule has 0 amide bonds. The van der Waals surface area contributed by atoms with Crippen molar-refractivity contribution in [1.29, 1.82) is 0 Å². The molecule has 1 atom stereocenters. The molecular formula is C26H33N3O4. The highest BCUT2D eigenvalue weighted by Crippen LogP contribution is 2.23. The molecule has 7 nitrogen and oxygen atoms in total. The number of hydrogen-bond donors (Lipinski definition) is 0. The van der Waals surface area contributed by atoms with E-state index in [1.807, 2.05) is 41.9 Å². The van der Waals surface area contributed by atoms with E-state index in [2.05, 4.69) is 22.4 Å². The molecule has 0 radical (unpaired) electrons. The number of nitrogens with zero attached hydrogens (tertiary/aromatic N) is 3. The van der Waals surface area contributed by atoms with Crippen molar-refractivity contribution in [2.75, 3.05) is 26.9 Å². The van der Waals surface area contributed by atoms with Gasteiger partial charge in [0, 0.05) is 32.9 Å². The van der Waals surface area contributed by atoms with Crippen LogP contribution < -0.4 is 0 Å². The lowest BCUT2D eigenvalue weighted by Gasteiger charge is -2.17. The fraction of sp³-hybridized carbons (Fsp3) is 0.423. The summed E-state index contributed by atoms with van der Waals surface area (Å²) in [6.45, 7) is 6.87. The number of carbonyl (C=O) groups is 1. The highest BCUT2D eigenvalue weighted by molar-refractivity contribution is 5.89. The van der Waals surface area contributed by atoms with Crippen LogP contribution in [0.2, 0.25) is 0 Å². The van der Waals surface area contributed by atoms with Gasteiger partial charge in [0.05, 0.1) is 18.7 Å². The number of esters is 1. The van der Waals surface area contributed by atoms with Gasteiger partial charge in [-0.05, 0) is 61.4 Å². The maximum Gasteiger partial charge on any atom is 0.330 e. The summed E-state index contributed by atoms with van der Waals surface area (Å²) in [5.74, 6) is 0.00503. The Morgan fingerprint density at radius 1 is 1.12 bits per heavy atom. The van der Waals surface area contributed by atoms with E-state index in [-0.39, 0.29) is 5.97 Å². The average Bonchev–Trinajstić information content (AvgIpc) is 3.24. The first-order valence-electron chi connectivity index (χ1n) is 11.4. The molecule has 3 rings (SSSR count). The topological polar surface area (TPSA) is 75.5 Å². The molecule has 1 heterocycles. The molecule has 0 saturated heterocycles. The first-order chi connectivity index (χ1) is 16.1. The fourth-order valence-corrected chi connectivity index (χ4v) is 3.72. The Labute approximate surface area is 195 Å². The van der Waals surface area contributed by atoms with Crippen molar-refractivity contribution in [2.45, 2.75) is 39.8 Å². The lowest BCUT2D eigenvalue weighted by Crippen LogP contribution is -2.16. The summed E-state index contributed by atoms with van der Waals surface area (Å²) in [7, 11) is 1.72. The Balaban J connectivity index is 1.65. The average molecular weight is 452 g/mol. The Morgan fingerprint density at radius 3 is 2.67 bits per heavy atom. The standard InChI is InChI=1S/C26H33N3O4/c1-4-33-25(30)13-11-23-10-12-24-26(20(23)2)27-28-29(24)18-21(14-16-31-3)15-17-32-19-22-8-6-5-7-9-22/h5-13,21H,4,14-19H2,1-3H3/b13-11+. The molecule has 0 aliphatic rings. The maximum atomic E-state index is 11.6. The summed E-state index contributed by atoms with van der Waals surface area (Å²) in [6.07, 6.45) is 5.04. The number of aromatic nitrogens is 3. The van der Waals surface area contributed by atoms with Crippen LogP contribution in [-0.2, 0) is 32.2 Å². The molecule has 0 bridgehead atoms. The van der Waals surface area contributed by atoms with E-state index < -0.39 is 0 Å². The summed E-state index contributed by atoms with van der Waals surface area (Å²) in [6, 6.07) is 14.2. The minimum atomic E-state index is -0.351. The van der Waals surface area contributed by atoms with E-state index in [0.717, 1.165) is 41.5 Å². The molecule has 1 aromatic heterocycles. The molecule has 176 valence electrons. The Morgan fingerprint density at radius 2 is 1.91 bits per heavy atom. The minimum Gasteiger partial charge on any atom is -0.463 e. The van der Waals surface area contributed by atoms with Gasteiger partial charge in [0.15, 0.2) is 0 Å². The predicted molar refractivity (Wildman–Crippen MR) is 129 cm³/mol. The molecule has 0 aliphatic heterocycles. The summed E-state index contributed by atoms with van der Waals surface area (Å²) in [4.78, 5) is 11.6. The van der Waals surface area contributed by atoms with Gasteiger partial charge in [0.25, 0.3) is 0 Å². The zero-order valence-corrected chi connectivity index (χ0v) is 19.7. The largest absolute Gasteiger partial charge is 0.463 e. The Kier molecular flexibility index (Phi) is 9.59. The van der Waals surface area contributed by atoms with Crippen LogP contribution in [0.3, 0.4) is 0 Å². The maximum absolute atomic E-state index is 11.6. The third-order valence-electron chi connectivity index (χ3n) is 5.61. The number of hydrogen-bond acceptors (Lipinski definition) is 6. The molecule has 0 N–H and O–H groups in total. The molecule has 0 aliphatic carbocycles. The van der Waals surface area contributed by atoms with Gasteiger partial charge >= 0.3 is 5.97 Å². The van der Waals surface area contributed by atoms with Crippen LogP contribution in [-0.4, -0.2) is 47.9 Å². The Bertz CT molecular complexity index is 1050. The number of aryl methyl sites for hydroxylation is 1. The normalized spacial score (nSPS) is 12.5. The zero-order chi connectivity index (χ0) is 23.5. The van der Waals surface area contributed by atoms with Crippen molar-refractivity contribution in [1.82, 2.24) is 15.0 Å². The molecule has 33 heavy (non-hydrogen) atoms. The second kappa shape index (κ2) is 12.9. The van der Waals surface area contributed by atoms with E-state index in [4.69, 9.17) is 14.2 Å². The second-order valence-electron chi connectivity index (χ2n) is 7.98. The number of benzene rings is 2. The lowest BCUT2D eigenvalue weighted by molar-refractivity contribution is -0.137. The SMILES string of the molecule is CCOC(=O)/C=C/c1ccc2c(nnn2CC(CCOC)CCOCc2ccccc2)c1C. The highest BCUT2D eigenvalue weighted by atomic mass is 16.5. The van der Waals surface area contributed by atoms with E-state index in [9.17, 15) is 4.79 Å². The van der Waals surface area contributed by atoms with Crippen LogP contribution in [0.25, 0.3) is 17.1 Å². The minimum absolute atomic E-state index is 0.351. The summed E-state index contributed by atoms with van der Waals surface area (Å²) in [5.41, 5.74) is 4.91. The van der Waals surface area contributed by atoms with E-state index in [1.54, 1.807) is 20.1 Å². The van der Waals surface area contributed by atoms with Gasteiger partial charge in [-0.15, -0.1) is 5.10 Å². The smallest absolute Gasteiger partial charge is 0.330 e. The van der Waals surface area contributed by atoms with Crippen molar-refractivity contribution in [3.63, 3.8) is 0 Å². The van der Waals surface area contributed by atoms with Gasteiger partial charge in [0.2, 0.25) is 0 Å². The molecule has 1 unspecified atom stereocenters. The molecule has 7 heteroatoms. The molecule has 0 spiro atoms. The van der Waals surface area contributed by atoms with Gasteiger partial charge in [-0.3, -0.25) is 0 Å². The number of carbonyl (C=O) groups excluding carboxylic acids is 1.